The molecule has 0 aromatic rings. The predicted octanol–water partition coefficient (Wildman–Crippen LogP) is 7.47. The van der Waals surface area contributed by atoms with E-state index in [-0.39, 0.29) is 0 Å². The van der Waals surface area contributed by atoms with Crippen molar-refractivity contribution in [2.75, 3.05) is 0 Å². The molecule has 1 fully saturated rings. The van der Waals surface area contributed by atoms with Crippen LogP contribution in [-0.4, -0.2) is 0 Å². The zero-order valence-corrected chi connectivity index (χ0v) is 15.8. The standard InChI is InChI=1S/C17H34.C3H8/c1-7-14(3)11-16(5)9-10-17(6,13-16)12-15(4)8-2;1-3-2/h14-15H,7-13H2,1-6H3;3H2,1-2H3. The lowest BCUT2D eigenvalue weighted by Crippen LogP contribution is -2.21. The molecule has 0 aromatic carbocycles. The molecule has 4 atom stereocenters. The van der Waals surface area contributed by atoms with Crippen LogP contribution >= 0.6 is 0 Å². The van der Waals surface area contributed by atoms with Gasteiger partial charge in [0.1, 0.15) is 0 Å². The highest BCUT2D eigenvalue weighted by molar-refractivity contribution is 4.94. The third-order valence-corrected chi connectivity index (χ3v) is 5.26. The van der Waals surface area contributed by atoms with Crippen LogP contribution in [0.4, 0.5) is 0 Å². The maximum absolute atomic E-state index is 2.54. The molecule has 0 amide bonds. The van der Waals surface area contributed by atoms with Gasteiger partial charge in [-0.15, -0.1) is 0 Å². The Morgan fingerprint density at radius 1 is 0.750 bits per heavy atom. The van der Waals surface area contributed by atoms with Gasteiger partial charge in [0.05, 0.1) is 0 Å². The summed E-state index contributed by atoms with van der Waals surface area (Å²) in [6.07, 6.45) is 11.2. The van der Waals surface area contributed by atoms with Gasteiger partial charge in [0.2, 0.25) is 0 Å². The average Bonchev–Trinajstić information content (AvgIpc) is 2.65. The number of hydrogen-bond acceptors (Lipinski definition) is 0. The van der Waals surface area contributed by atoms with Crippen molar-refractivity contribution >= 4 is 0 Å². The average molecular weight is 283 g/mol. The summed E-state index contributed by atoms with van der Waals surface area (Å²) >= 11 is 0. The van der Waals surface area contributed by atoms with Crippen molar-refractivity contribution in [3.8, 4) is 0 Å². The molecule has 0 spiro atoms. The minimum Gasteiger partial charge on any atom is -0.0656 e. The van der Waals surface area contributed by atoms with Crippen molar-refractivity contribution in [1.82, 2.24) is 0 Å². The van der Waals surface area contributed by atoms with Gasteiger partial charge in [-0.3, -0.25) is 0 Å². The zero-order chi connectivity index (χ0) is 15.8. The normalized spacial score (nSPS) is 32.4. The van der Waals surface area contributed by atoms with Crippen LogP contribution in [0.1, 0.15) is 107 Å². The molecule has 0 heterocycles. The van der Waals surface area contributed by atoms with Crippen LogP contribution in [0.5, 0.6) is 0 Å². The Balaban J connectivity index is 0.00000110. The molecule has 1 saturated carbocycles. The fraction of sp³-hybridized carbons (Fsp3) is 1.00. The van der Waals surface area contributed by atoms with Gasteiger partial charge in [-0.2, -0.15) is 0 Å². The van der Waals surface area contributed by atoms with Crippen molar-refractivity contribution in [3.63, 3.8) is 0 Å². The van der Waals surface area contributed by atoms with Crippen molar-refractivity contribution in [3.05, 3.63) is 0 Å². The van der Waals surface area contributed by atoms with E-state index in [1.165, 1.54) is 51.4 Å². The Kier molecular flexibility index (Phi) is 9.11. The maximum atomic E-state index is 2.54. The molecule has 4 unspecified atom stereocenters. The molecule has 0 saturated heterocycles. The van der Waals surface area contributed by atoms with E-state index in [1.807, 2.05) is 0 Å². The molecule has 1 rings (SSSR count). The molecule has 1 aliphatic carbocycles. The second-order valence-corrected chi connectivity index (χ2v) is 8.44. The summed E-state index contributed by atoms with van der Waals surface area (Å²) < 4.78 is 0. The second-order valence-electron chi connectivity index (χ2n) is 8.44. The fourth-order valence-electron chi connectivity index (χ4n) is 4.13. The van der Waals surface area contributed by atoms with E-state index < -0.39 is 0 Å². The Morgan fingerprint density at radius 3 is 1.30 bits per heavy atom. The highest BCUT2D eigenvalue weighted by Gasteiger charge is 2.42. The van der Waals surface area contributed by atoms with Crippen LogP contribution in [0.2, 0.25) is 0 Å². The molecule has 20 heavy (non-hydrogen) atoms. The van der Waals surface area contributed by atoms with Crippen molar-refractivity contribution in [2.45, 2.75) is 107 Å². The Bertz CT molecular complexity index is 220. The summed E-state index contributed by atoms with van der Waals surface area (Å²) in [6.45, 7) is 18.9. The van der Waals surface area contributed by atoms with Gasteiger partial charge < -0.3 is 0 Å². The lowest BCUT2D eigenvalue weighted by molar-refractivity contribution is 0.188. The van der Waals surface area contributed by atoms with Gasteiger partial charge in [0, 0.05) is 0 Å². The predicted molar refractivity (Wildman–Crippen MR) is 94.2 cm³/mol. The molecule has 0 bridgehead atoms. The van der Waals surface area contributed by atoms with Crippen molar-refractivity contribution in [1.29, 1.82) is 0 Å². The minimum atomic E-state index is 0.637. The van der Waals surface area contributed by atoms with E-state index in [0.29, 0.717) is 10.8 Å². The fourth-order valence-corrected chi connectivity index (χ4v) is 4.13. The summed E-state index contributed by atoms with van der Waals surface area (Å²) in [4.78, 5) is 0. The van der Waals surface area contributed by atoms with Gasteiger partial charge in [-0.05, 0) is 54.8 Å². The van der Waals surface area contributed by atoms with E-state index in [4.69, 9.17) is 0 Å². The minimum absolute atomic E-state index is 0.637. The van der Waals surface area contributed by atoms with Crippen LogP contribution in [0.25, 0.3) is 0 Å². The topological polar surface area (TPSA) is 0 Å². The summed E-state index contributed by atoms with van der Waals surface area (Å²) in [5.41, 5.74) is 1.27. The lowest BCUT2D eigenvalue weighted by atomic mass is 9.73. The monoisotopic (exact) mass is 282 g/mol. The van der Waals surface area contributed by atoms with E-state index in [1.54, 1.807) is 0 Å². The van der Waals surface area contributed by atoms with Crippen molar-refractivity contribution in [2.24, 2.45) is 22.7 Å². The van der Waals surface area contributed by atoms with Crippen LogP contribution in [0.15, 0.2) is 0 Å². The first-order chi connectivity index (χ1) is 9.24. The second kappa shape index (κ2) is 9.11. The molecule has 0 N–H and O–H groups in total. The third-order valence-electron chi connectivity index (χ3n) is 5.26. The van der Waals surface area contributed by atoms with E-state index >= 15 is 0 Å². The van der Waals surface area contributed by atoms with E-state index in [0.717, 1.165) is 11.8 Å². The Hall–Kier alpha value is 0. The smallest absolute Gasteiger partial charge is 0.0318 e. The number of rotatable bonds is 6. The first kappa shape index (κ1) is 20.0. The zero-order valence-electron chi connectivity index (χ0n) is 15.8. The highest BCUT2D eigenvalue weighted by atomic mass is 14.5. The lowest BCUT2D eigenvalue weighted by Gasteiger charge is -2.32. The van der Waals surface area contributed by atoms with Crippen LogP contribution in [0, 0.1) is 22.7 Å². The highest BCUT2D eigenvalue weighted by Crippen LogP contribution is 2.54. The molecular weight excluding hydrogens is 240 g/mol. The molecular formula is C20H42. The van der Waals surface area contributed by atoms with Gasteiger partial charge in [-0.1, -0.05) is 74.7 Å². The molecule has 122 valence electrons. The molecule has 0 aromatic heterocycles. The SMILES string of the molecule is CCC.CCC(C)CC1(C)CCC(C)(CC(C)CC)C1. The summed E-state index contributed by atoms with van der Waals surface area (Å²) in [7, 11) is 0. The molecule has 0 radical (unpaired) electrons. The quantitative estimate of drug-likeness (QED) is 0.474. The molecule has 1 aliphatic rings. The summed E-state index contributed by atoms with van der Waals surface area (Å²) in [5.74, 6) is 1.82. The molecule has 0 heteroatoms. The van der Waals surface area contributed by atoms with Crippen LogP contribution in [0.3, 0.4) is 0 Å². The van der Waals surface area contributed by atoms with E-state index in [2.05, 4.69) is 55.4 Å². The molecule has 0 aliphatic heterocycles. The maximum Gasteiger partial charge on any atom is -0.0318 e. The summed E-state index contributed by atoms with van der Waals surface area (Å²) in [5, 5.41) is 0. The Labute approximate surface area is 130 Å². The van der Waals surface area contributed by atoms with Gasteiger partial charge in [-0.25, -0.2) is 0 Å². The van der Waals surface area contributed by atoms with Crippen LogP contribution < -0.4 is 0 Å². The largest absolute Gasteiger partial charge is 0.0656 e. The number of hydrogen-bond donors (Lipinski definition) is 0. The van der Waals surface area contributed by atoms with Gasteiger partial charge >= 0.3 is 0 Å². The van der Waals surface area contributed by atoms with Crippen LogP contribution in [-0.2, 0) is 0 Å². The first-order valence-electron chi connectivity index (χ1n) is 9.24. The third kappa shape index (κ3) is 7.14. The van der Waals surface area contributed by atoms with Crippen molar-refractivity contribution < 1.29 is 0 Å². The molecule has 0 nitrogen and oxygen atoms in total. The first-order valence-corrected chi connectivity index (χ1v) is 9.24. The Morgan fingerprint density at radius 2 is 1.05 bits per heavy atom. The van der Waals surface area contributed by atoms with Gasteiger partial charge in [0.15, 0.2) is 0 Å². The summed E-state index contributed by atoms with van der Waals surface area (Å²) in [6, 6.07) is 0. The van der Waals surface area contributed by atoms with Gasteiger partial charge in [0.25, 0.3) is 0 Å². The van der Waals surface area contributed by atoms with E-state index in [9.17, 15) is 0 Å².